The molecule has 2 heterocycles. The Labute approximate surface area is 160 Å². The van der Waals surface area contributed by atoms with Crippen LogP contribution in [0.5, 0.6) is 0 Å². The van der Waals surface area contributed by atoms with E-state index in [4.69, 9.17) is 0 Å². The summed E-state index contributed by atoms with van der Waals surface area (Å²) in [6.45, 7) is 0. The van der Waals surface area contributed by atoms with Crippen LogP contribution in [-0.4, -0.2) is 16.6 Å². The Bertz CT molecular complexity index is 957. The van der Waals surface area contributed by atoms with Crippen LogP contribution < -0.4 is 5.01 Å². The highest BCUT2D eigenvalue weighted by molar-refractivity contribution is 9.10. The van der Waals surface area contributed by atoms with E-state index in [2.05, 4.69) is 26.0 Å². The zero-order valence-electron chi connectivity index (χ0n) is 13.9. The summed E-state index contributed by atoms with van der Waals surface area (Å²) in [6, 6.07) is 21.3. The zero-order chi connectivity index (χ0) is 17.9. The van der Waals surface area contributed by atoms with Crippen molar-refractivity contribution < 1.29 is 4.79 Å². The fourth-order valence-electron chi connectivity index (χ4n) is 3.09. The summed E-state index contributed by atoms with van der Waals surface area (Å²) < 4.78 is 0.830. The quantitative estimate of drug-likeness (QED) is 0.629. The first-order valence-corrected chi connectivity index (χ1v) is 9.14. The monoisotopic (exact) mass is 405 g/mol. The van der Waals surface area contributed by atoms with Gasteiger partial charge in [0.15, 0.2) is 0 Å². The number of benzene rings is 2. The lowest BCUT2D eigenvalue weighted by molar-refractivity contribution is -0.120. The van der Waals surface area contributed by atoms with Gasteiger partial charge in [-0.3, -0.25) is 9.78 Å². The van der Waals surface area contributed by atoms with Gasteiger partial charge in [0.2, 0.25) is 0 Å². The number of carbonyl (C=O) groups is 1. The number of hydrogen-bond acceptors (Lipinski definition) is 3. The SMILES string of the molecule is O=C1C(c2ccccc2)CC(c2cccnc2)=NN1c1ccccc1Br. The highest BCUT2D eigenvalue weighted by Crippen LogP contribution is 2.34. The molecule has 4 rings (SSSR count). The Morgan fingerprint density at radius 2 is 1.73 bits per heavy atom. The fraction of sp³-hybridized carbons (Fsp3) is 0.0952. The van der Waals surface area contributed by atoms with Gasteiger partial charge in [0, 0.05) is 28.9 Å². The molecule has 0 radical (unpaired) electrons. The van der Waals surface area contributed by atoms with Gasteiger partial charge >= 0.3 is 0 Å². The van der Waals surface area contributed by atoms with E-state index in [-0.39, 0.29) is 11.8 Å². The molecule has 5 heteroatoms. The zero-order valence-corrected chi connectivity index (χ0v) is 15.5. The van der Waals surface area contributed by atoms with Crippen molar-refractivity contribution in [3.63, 3.8) is 0 Å². The molecule has 0 spiro atoms. The molecule has 0 N–H and O–H groups in total. The highest BCUT2D eigenvalue weighted by Gasteiger charge is 2.34. The number of hydrazone groups is 1. The largest absolute Gasteiger partial charge is 0.272 e. The van der Waals surface area contributed by atoms with E-state index in [0.717, 1.165) is 27.0 Å². The maximum Gasteiger partial charge on any atom is 0.255 e. The molecule has 0 aliphatic carbocycles. The molecule has 1 atom stereocenters. The van der Waals surface area contributed by atoms with E-state index in [1.54, 1.807) is 12.4 Å². The van der Waals surface area contributed by atoms with Crippen molar-refractivity contribution in [2.75, 3.05) is 5.01 Å². The molecular formula is C21H16BrN3O. The first-order valence-electron chi connectivity index (χ1n) is 8.35. The predicted molar refractivity (Wildman–Crippen MR) is 106 cm³/mol. The molecule has 1 unspecified atom stereocenters. The van der Waals surface area contributed by atoms with Crippen LogP contribution in [0.4, 0.5) is 5.69 Å². The molecule has 3 aromatic rings. The van der Waals surface area contributed by atoms with Gasteiger partial charge < -0.3 is 0 Å². The molecule has 2 aromatic carbocycles. The van der Waals surface area contributed by atoms with Gasteiger partial charge in [-0.25, -0.2) is 0 Å². The number of para-hydroxylation sites is 1. The van der Waals surface area contributed by atoms with Crippen molar-refractivity contribution >= 4 is 33.2 Å². The maximum atomic E-state index is 13.2. The number of rotatable bonds is 3. The second kappa shape index (κ2) is 7.22. The standard InChI is InChI=1S/C21H16BrN3O/c22-18-10-4-5-11-20(18)25-21(26)17(15-7-2-1-3-8-15)13-19(24-25)16-9-6-12-23-14-16/h1-12,14,17H,13H2. The molecule has 4 nitrogen and oxygen atoms in total. The van der Waals surface area contributed by atoms with Crippen molar-refractivity contribution in [2.24, 2.45) is 5.10 Å². The Morgan fingerprint density at radius 1 is 0.962 bits per heavy atom. The Hall–Kier alpha value is -2.79. The fourth-order valence-corrected chi connectivity index (χ4v) is 3.54. The van der Waals surface area contributed by atoms with Crippen LogP contribution in [0.2, 0.25) is 0 Å². The van der Waals surface area contributed by atoms with Crippen molar-refractivity contribution in [3.8, 4) is 0 Å². The number of amides is 1. The van der Waals surface area contributed by atoms with E-state index in [1.165, 1.54) is 5.01 Å². The third-order valence-electron chi connectivity index (χ3n) is 4.40. The molecule has 26 heavy (non-hydrogen) atoms. The summed E-state index contributed by atoms with van der Waals surface area (Å²) in [4.78, 5) is 17.4. The first-order chi connectivity index (χ1) is 12.7. The average molecular weight is 406 g/mol. The molecule has 1 aliphatic rings. The van der Waals surface area contributed by atoms with Gasteiger partial charge in [-0.05, 0) is 39.7 Å². The number of nitrogens with zero attached hydrogens (tertiary/aromatic N) is 3. The molecule has 1 aromatic heterocycles. The molecule has 1 amide bonds. The van der Waals surface area contributed by atoms with E-state index >= 15 is 0 Å². The summed E-state index contributed by atoms with van der Waals surface area (Å²) in [5, 5.41) is 6.18. The molecule has 0 bridgehead atoms. The van der Waals surface area contributed by atoms with E-state index in [1.807, 2.05) is 66.7 Å². The van der Waals surface area contributed by atoms with Crippen LogP contribution in [0, 0.1) is 0 Å². The molecule has 128 valence electrons. The van der Waals surface area contributed by atoms with Crippen LogP contribution in [0.1, 0.15) is 23.5 Å². The van der Waals surface area contributed by atoms with Gasteiger partial charge in [-0.1, -0.05) is 48.5 Å². The summed E-state index contributed by atoms with van der Waals surface area (Å²) in [5.41, 5.74) is 3.51. The van der Waals surface area contributed by atoms with Crippen molar-refractivity contribution in [2.45, 2.75) is 12.3 Å². The van der Waals surface area contributed by atoms with E-state index in [9.17, 15) is 4.79 Å². The lowest BCUT2D eigenvalue weighted by Crippen LogP contribution is -2.38. The lowest BCUT2D eigenvalue weighted by atomic mass is 9.89. The second-order valence-corrected chi connectivity index (χ2v) is 6.91. The van der Waals surface area contributed by atoms with Gasteiger partial charge in [-0.2, -0.15) is 10.1 Å². The lowest BCUT2D eigenvalue weighted by Gasteiger charge is -2.30. The maximum absolute atomic E-state index is 13.2. The third kappa shape index (κ3) is 3.18. The van der Waals surface area contributed by atoms with Crippen LogP contribution in [0.25, 0.3) is 0 Å². The summed E-state index contributed by atoms with van der Waals surface area (Å²) >= 11 is 3.54. The van der Waals surface area contributed by atoms with Crippen LogP contribution >= 0.6 is 15.9 Å². The minimum atomic E-state index is -0.281. The van der Waals surface area contributed by atoms with Gasteiger partial charge in [0.05, 0.1) is 17.3 Å². The smallest absolute Gasteiger partial charge is 0.255 e. The number of aromatic nitrogens is 1. The van der Waals surface area contributed by atoms with Crippen LogP contribution in [0.15, 0.2) is 88.7 Å². The van der Waals surface area contributed by atoms with Crippen molar-refractivity contribution in [3.05, 3.63) is 94.7 Å². The Morgan fingerprint density at radius 3 is 2.46 bits per heavy atom. The Kier molecular flexibility index (Phi) is 4.63. The van der Waals surface area contributed by atoms with Crippen LogP contribution in [-0.2, 0) is 4.79 Å². The minimum Gasteiger partial charge on any atom is -0.272 e. The normalized spacial score (nSPS) is 17.1. The van der Waals surface area contributed by atoms with Crippen LogP contribution in [0.3, 0.4) is 0 Å². The second-order valence-electron chi connectivity index (χ2n) is 6.06. The summed E-state index contributed by atoms with van der Waals surface area (Å²) in [6.07, 6.45) is 4.07. The Balaban J connectivity index is 1.83. The van der Waals surface area contributed by atoms with E-state index < -0.39 is 0 Å². The molecular weight excluding hydrogens is 390 g/mol. The van der Waals surface area contributed by atoms with Gasteiger partial charge in [-0.15, -0.1) is 0 Å². The van der Waals surface area contributed by atoms with Crippen molar-refractivity contribution in [1.82, 2.24) is 4.98 Å². The topological polar surface area (TPSA) is 45.6 Å². The van der Waals surface area contributed by atoms with Gasteiger partial charge in [0.1, 0.15) is 0 Å². The molecule has 1 aliphatic heterocycles. The minimum absolute atomic E-state index is 0.0317. The van der Waals surface area contributed by atoms with Crippen molar-refractivity contribution in [1.29, 1.82) is 0 Å². The molecule has 0 saturated heterocycles. The molecule has 0 saturated carbocycles. The van der Waals surface area contributed by atoms with E-state index in [0.29, 0.717) is 6.42 Å². The number of carbonyl (C=O) groups excluding carboxylic acids is 1. The highest BCUT2D eigenvalue weighted by atomic mass is 79.9. The first kappa shape index (κ1) is 16.7. The summed E-state index contributed by atoms with van der Waals surface area (Å²) in [7, 11) is 0. The number of halogens is 1. The van der Waals surface area contributed by atoms with Gasteiger partial charge in [0.25, 0.3) is 5.91 Å². The summed E-state index contributed by atoms with van der Waals surface area (Å²) in [5.74, 6) is -0.313. The average Bonchev–Trinajstić information content (AvgIpc) is 2.70. The number of anilines is 1. The molecule has 0 fully saturated rings. The predicted octanol–water partition coefficient (Wildman–Crippen LogP) is 4.77. The number of hydrogen-bond donors (Lipinski definition) is 0. The third-order valence-corrected chi connectivity index (χ3v) is 5.07. The number of pyridine rings is 1.